The maximum absolute atomic E-state index is 12.6. The third kappa shape index (κ3) is 5.39. The molecule has 1 aliphatic rings. The van der Waals surface area contributed by atoms with Crippen molar-refractivity contribution in [3.63, 3.8) is 0 Å². The molecule has 4 rings (SSSR count). The second-order valence-electron chi connectivity index (χ2n) is 8.49. The fourth-order valence-corrected chi connectivity index (χ4v) is 4.43. The van der Waals surface area contributed by atoms with Crippen LogP contribution >= 0.6 is 11.6 Å². The third-order valence-electron chi connectivity index (χ3n) is 5.99. The summed E-state index contributed by atoms with van der Waals surface area (Å²) in [7, 11) is 0. The monoisotopic (exact) mass is 483 g/mol. The van der Waals surface area contributed by atoms with E-state index in [0.717, 1.165) is 19.3 Å². The Morgan fingerprint density at radius 3 is 2.53 bits per heavy atom. The number of amides is 1. The van der Waals surface area contributed by atoms with Gasteiger partial charge in [-0.1, -0.05) is 11.6 Å². The van der Waals surface area contributed by atoms with E-state index < -0.39 is 5.97 Å². The molecule has 0 saturated carbocycles. The van der Waals surface area contributed by atoms with Crippen LogP contribution in [0.2, 0.25) is 5.02 Å². The first-order valence-electron chi connectivity index (χ1n) is 11.2. The first-order valence-corrected chi connectivity index (χ1v) is 11.6. The van der Waals surface area contributed by atoms with E-state index in [1.165, 1.54) is 0 Å². The molecule has 2 aromatic carbocycles. The minimum Gasteiger partial charge on any atom is -0.484 e. The molecule has 1 fully saturated rings. The van der Waals surface area contributed by atoms with Crippen LogP contribution in [-0.4, -0.2) is 45.4 Å². The van der Waals surface area contributed by atoms with Gasteiger partial charge in [-0.15, -0.1) is 0 Å². The summed E-state index contributed by atoms with van der Waals surface area (Å²) in [5, 5.41) is 0.857. The van der Waals surface area contributed by atoms with Crippen molar-refractivity contribution in [1.29, 1.82) is 0 Å². The first kappa shape index (κ1) is 23.8. The smallest absolute Gasteiger partial charge is 0.338 e. The zero-order valence-electron chi connectivity index (χ0n) is 19.0. The van der Waals surface area contributed by atoms with E-state index >= 15 is 0 Å². The van der Waals surface area contributed by atoms with E-state index in [4.69, 9.17) is 21.1 Å². The van der Waals surface area contributed by atoms with Crippen LogP contribution in [0.1, 0.15) is 49.3 Å². The lowest BCUT2D eigenvalue weighted by Gasteiger charge is -2.38. The van der Waals surface area contributed by atoms with Crippen molar-refractivity contribution in [2.75, 3.05) is 6.61 Å². The van der Waals surface area contributed by atoms with Gasteiger partial charge in [0, 0.05) is 17.1 Å². The van der Waals surface area contributed by atoms with E-state index in [2.05, 4.69) is 23.8 Å². The molecule has 34 heavy (non-hydrogen) atoms. The Labute approximate surface area is 201 Å². The normalized spacial score (nSPS) is 18.0. The van der Waals surface area contributed by atoms with Crippen molar-refractivity contribution < 1.29 is 19.1 Å². The number of H-pyrrole nitrogens is 1. The molecule has 178 valence electrons. The average molecular weight is 484 g/mol. The van der Waals surface area contributed by atoms with Crippen LogP contribution in [0.25, 0.3) is 10.9 Å². The summed E-state index contributed by atoms with van der Waals surface area (Å²) in [5.74, 6) is 0.0844. The summed E-state index contributed by atoms with van der Waals surface area (Å²) in [5.41, 5.74) is 0.395. The molecule has 1 amide bonds. The zero-order chi connectivity index (χ0) is 24.2. The lowest BCUT2D eigenvalue weighted by Crippen LogP contribution is -2.49. The molecule has 0 aliphatic carbocycles. The number of esters is 1. The van der Waals surface area contributed by atoms with Gasteiger partial charge in [-0.3, -0.25) is 9.59 Å². The molecule has 0 spiro atoms. The van der Waals surface area contributed by atoms with Gasteiger partial charge >= 0.3 is 5.97 Å². The average Bonchev–Trinajstić information content (AvgIpc) is 2.81. The van der Waals surface area contributed by atoms with Crippen LogP contribution in [0.4, 0.5) is 0 Å². The number of carbonyl (C=O) groups is 2. The van der Waals surface area contributed by atoms with Crippen molar-refractivity contribution in [1.82, 2.24) is 14.9 Å². The Balaban J connectivity index is 1.33. The summed E-state index contributed by atoms with van der Waals surface area (Å²) < 4.78 is 10.9. The summed E-state index contributed by atoms with van der Waals surface area (Å²) in [4.78, 5) is 46.0. The Hall–Kier alpha value is -3.39. The van der Waals surface area contributed by atoms with Crippen LogP contribution in [0, 0.1) is 0 Å². The van der Waals surface area contributed by atoms with Gasteiger partial charge in [0.2, 0.25) is 0 Å². The number of piperidine rings is 1. The Morgan fingerprint density at radius 1 is 1.12 bits per heavy atom. The van der Waals surface area contributed by atoms with Crippen molar-refractivity contribution >= 4 is 34.4 Å². The minimum absolute atomic E-state index is 0.0404. The second kappa shape index (κ2) is 10.3. The summed E-state index contributed by atoms with van der Waals surface area (Å²) in [6.45, 7) is 3.87. The minimum atomic E-state index is -0.576. The molecule has 3 aromatic rings. The van der Waals surface area contributed by atoms with Crippen molar-refractivity contribution in [3.05, 3.63) is 69.2 Å². The number of carbonyl (C=O) groups excluding carboxylic acids is 2. The van der Waals surface area contributed by atoms with Crippen molar-refractivity contribution in [2.45, 2.75) is 51.8 Å². The molecule has 1 saturated heterocycles. The lowest BCUT2D eigenvalue weighted by atomic mass is 9.97. The molecule has 2 atom stereocenters. The van der Waals surface area contributed by atoms with Gasteiger partial charge < -0.3 is 19.4 Å². The molecule has 0 bridgehead atoms. The quantitative estimate of drug-likeness (QED) is 0.529. The van der Waals surface area contributed by atoms with E-state index in [1.807, 2.05) is 4.90 Å². The molecule has 1 N–H and O–H groups in total. The predicted molar refractivity (Wildman–Crippen MR) is 128 cm³/mol. The zero-order valence-corrected chi connectivity index (χ0v) is 19.8. The van der Waals surface area contributed by atoms with Gasteiger partial charge in [-0.2, -0.15) is 0 Å². The second-order valence-corrected chi connectivity index (χ2v) is 8.93. The van der Waals surface area contributed by atoms with Crippen molar-refractivity contribution in [3.8, 4) is 5.75 Å². The standard InChI is InChI=1S/C25H26ClN3O5/c1-15-4-3-5-16(2)29(15)23(30)14-33-19-9-6-17(7-10-19)25(32)34-13-22-27-21-12-18(26)8-11-20(21)24(31)28-22/h6-12,15-16H,3-5,13-14H2,1-2H3,(H,27,28,31). The van der Waals surface area contributed by atoms with Gasteiger partial charge in [-0.05, 0) is 75.6 Å². The highest BCUT2D eigenvalue weighted by atomic mass is 35.5. The molecule has 8 nitrogen and oxygen atoms in total. The fraction of sp³-hybridized carbons (Fsp3) is 0.360. The number of hydrogen-bond acceptors (Lipinski definition) is 6. The van der Waals surface area contributed by atoms with E-state index in [0.29, 0.717) is 27.2 Å². The largest absolute Gasteiger partial charge is 0.484 e. The molecule has 9 heteroatoms. The van der Waals surface area contributed by atoms with E-state index in [9.17, 15) is 14.4 Å². The van der Waals surface area contributed by atoms with Crippen LogP contribution in [0.3, 0.4) is 0 Å². The number of nitrogens with zero attached hydrogens (tertiary/aromatic N) is 2. The SMILES string of the molecule is CC1CCCC(C)N1C(=O)COc1ccc(C(=O)OCc2nc3cc(Cl)ccc3c(=O)[nH]2)cc1. The van der Waals surface area contributed by atoms with Crippen LogP contribution in [0.15, 0.2) is 47.3 Å². The number of rotatable bonds is 6. The van der Waals surface area contributed by atoms with Crippen molar-refractivity contribution in [2.24, 2.45) is 0 Å². The predicted octanol–water partition coefficient (Wildman–Crippen LogP) is 4.10. The Bertz CT molecular complexity index is 1250. The number of nitrogens with one attached hydrogen (secondary N) is 1. The highest BCUT2D eigenvalue weighted by Crippen LogP contribution is 2.23. The molecular formula is C25H26ClN3O5. The molecule has 2 heterocycles. The van der Waals surface area contributed by atoms with E-state index in [-0.39, 0.29) is 42.6 Å². The number of fused-ring (bicyclic) bond motifs is 1. The number of likely N-dealkylation sites (tertiary alicyclic amines) is 1. The number of hydrogen-bond donors (Lipinski definition) is 1. The topological polar surface area (TPSA) is 102 Å². The molecular weight excluding hydrogens is 458 g/mol. The van der Waals surface area contributed by atoms with Gasteiger partial charge in [0.15, 0.2) is 6.61 Å². The lowest BCUT2D eigenvalue weighted by molar-refractivity contribution is -0.139. The van der Waals surface area contributed by atoms with Gasteiger partial charge in [0.1, 0.15) is 18.2 Å². The molecule has 1 aromatic heterocycles. The molecule has 0 radical (unpaired) electrons. The maximum atomic E-state index is 12.6. The highest BCUT2D eigenvalue weighted by Gasteiger charge is 2.29. The Kier molecular flexibility index (Phi) is 7.17. The van der Waals surface area contributed by atoms with Gasteiger partial charge in [0.05, 0.1) is 16.5 Å². The number of halogens is 1. The van der Waals surface area contributed by atoms with Crippen LogP contribution in [0.5, 0.6) is 5.75 Å². The number of aromatic nitrogens is 2. The maximum Gasteiger partial charge on any atom is 0.338 e. The third-order valence-corrected chi connectivity index (χ3v) is 6.23. The van der Waals surface area contributed by atoms with E-state index in [1.54, 1.807) is 42.5 Å². The Morgan fingerprint density at radius 2 is 1.82 bits per heavy atom. The summed E-state index contributed by atoms with van der Waals surface area (Å²) in [6, 6.07) is 11.5. The number of benzene rings is 2. The van der Waals surface area contributed by atoms with Crippen LogP contribution in [-0.2, 0) is 16.1 Å². The summed E-state index contributed by atoms with van der Waals surface area (Å²) >= 11 is 5.97. The highest BCUT2D eigenvalue weighted by molar-refractivity contribution is 6.31. The van der Waals surface area contributed by atoms with Gasteiger partial charge in [0.25, 0.3) is 11.5 Å². The number of aromatic amines is 1. The number of ether oxygens (including phenoxy) is 2. The summed E-state index contributed by atoms with van der Waals surface area (Å²) in [6.07, 6.45) is 3.14. The van der Waals surface area contributed by atoms with Crippen LogP contribution < -0.4 is 10.3 Å². The van der Waals surface area contributed by atoms with Gasteiger partial charge in [-0.25, -0.2) is 9.78 Å². The first-order chi connectivity index (χ1) is 16.3. The fourth-order valence-electron chi connectivity index (χ4n) is 4.27. The molecule has 2 unspecified atom stereocenters. The molecule has 1 aliphatic heterocycles.